The van der Waals surface area contributed by atoms with Crippen LogP contribution in [0.2, 0.25) is 5.02 Å². The minimum absolute atomic E-state index is 0.262. The van der Waals surface area contributed by atoms with Crippen molar-refractivity contribution in [1.82, 2.24) is 20.1 Å². The summed E-state index contributed by atoms with van der Waals surface area (Å²) in [4.78, 5) is 12.6. The van der Waals surface area contributed by atoms with Gasteiger partial charge in [0.25, 0.3) is 5.91 Å². The highest BCUT2D eigenvalue weighted by Gasteiger charge is 2.18. The Morgan fingerprint density at radius 2 is 1.83 bits per heavy atom. The molecule has 0 fully saturated rings. The van der Waals surface area contributed by atoms with E-state index in [2.05, 4.69) is 15.5 Å². The Hall–Kier alpha value is -2.71. The van der Waals surface area contributed by atoms with E-state index in [4.69, 9.17) is 21.1 Å². The highest BCUT2D eigenvalue weighted by molar-refractivity contribution is 7.98. The average molecular weight is 447 g/mol. The van der Waals surface area contributed by atoms with Crippen molar-refractivity contribution in [3.63, 3.8) is 0 Å². The summed E-state index contributed by atoms with van der Waals surface area (Å²) in [6.45, 7) is 0.408. The summed E-state index contributed by atoms with van der Waals surface area (Å²) in [5.74, 6) is 2.20. The third kappa shape index (κ3) is 5.25. The number of amides is 1. The molecule has 1 heterocycles. The molecule has 3 aromatic rings. The van der Waals surface area contributed by atoms with Gasteiger partial charge >= 0.3 is 0 Å². The number of aromatic nitrogens is 3. The van der Waals surface area contributed by atoms with E-state index in [1.807, 2.05) is 35.9 Å². The summed E-state index contributed by atoms with van der Waals surface area (Å²) in [6, 6.07) is 13.0. The van der Waals surface area contributed by atoms with Crippen molar-refractivity contribution in [2.75, 3.05) is 20.8 Å². The zero-order valence-electron chi connectivity index (χ0n) is 17.0. The third-order valence-electron chi connectivity index (χ3n) is 4.47. The summed E-state index contributed by atoms with van der Waals surface area (Å²) in [5.41, 5.74) is 1.49. The van der Waals surface area contributed by atoms with Crippen molar-refractivity contribution in [2.24, 2.45) is 7.05 Å². The molecule has 9 heteroatoms. The second-order valence-corrected chi connectivity index (χ2v) is 7.80. The van der Waals surface area contributed by atoms with E-state index in [-0.39, 0.29) is 5.91 Å². The molecule has 0 bridgehead atoms. The normalized spacial score (nSPS) is 10.7. The summed E-state index contributed by atoms with van der Waals surface area (Å²) in [7, 11) is 4.96. The summed E-state index contributed by atoms with van der Waals surface area (Å²) in [5, 5.41) is 12.9. The quantitative estimate of drug-likeness (QED) is 0.504. The fourth-order valence-corrected chi connectivity index (χ4v) is 4.00. The first-order valence-electron chi connectivity index (χ1n) is 9.28. The molecule has 1 amide bonds. The Labute approximate surface area is 184 Å². The van der Waals surface area contributed by atoms with Gasteiger partial charge in [-0.1, -0.05) is 41.6 Å². The fourth-order valence-electron chi connectivity index (χ4n) is 2.91. The van der Waals surface area contributed by atoms with Crippen molar-refractivity contribution in [1.29, 1.82) is 0 Å². The predicted molar refractivity (Wildman–Crippen MR) is 118 cm³/mol. The number of nitrogens with zero attached hydrogens (tertiary/aromatic N) is 3. The largest absolute Gasteiger partial charge is 0.496 e. The van der Waals surface area contributed by atoms with Crippen LogP contribution in [0.1, 0.15) is 21.7 Å². The second-order valence-electron chi connectivity index (χ2n) is 6.42. The minimum Gasteiger partial charge on any atom is -0.496 e. The van der Waals surface area contributed by atoms with Gasteiger partial charge in [-0.15, -0.1) is 10.2 Å². The Bertz CT molecular complexity index is 1000. The van der Waals surface area contributed by atoms with E-state index in [1.165, 1.54) is 14.2 Å². The van der Waals surface area contributed by atoms with E-state index in [0.29, 0.717) is 35.1 Å². The molecule has 3 rings (SSSR count). The minimum atomic E-state index is -0.262. The average Bonchev–Trinajstić information content (AvgIpc) is 3.11. The van der Waals surface area contributed by atoms with Crippen LogP contribution < -0.4 is 14.8 Å². The summed E-state index contributed by atoms with van der Waals surface area (Å²) in [6.07, 6.45) is 0.546. The van der Waals surface area contributed by atoms with Gasteiger partial charge in [-0.25, -0.2) is 0 Å². The number of nitrogens with one attached hydrogen (secondary N) is 1. The van der Waals surface area contributed by atoms with Gasteiger partial charge in [0, 0.05) is 30.8 Å². The van der Waals surface area contributed by atoms with Crippen LogP contribution in [0.25, 0.3) is 0 Å². The number of hydrogen-bond donors (Lipinski definition) is 1. The van der Waals surface area contributed by atoms with Crippen LogP contribution in [0.5, 0.6) is 11.5 Å². The van der Waals surface area contributed by atoms with Crippen molar-refractivity contribution in [3.8, 4) is 11.5 Å². The van der Waals surface area contributed by atoms with Crippen molar-refractivity contribution >= 4 is 29.3 Å². The second kappa shape index (κ2) is 10.4. The molecule has 1 N–H and O–H groups in total. The molecule has 1 aromatic heterocycles. The van der Waals surface area contributed by atoms with E-state index >= 15 is 0 Å². The number of ether oxygens (including phenoxy) is 2. The summed E-state index contributed by atoms with van der Waals surface area (Å²) < 4.78 is 12.5. The highest BCUT2D eigenvalue weighted by atomic mass is 35.5. The van der Waals surface area contributed by atoms with Crippen LogP contribution in [0, 0.1) is 0 Å². The molecule has 0 saturated heterocycles. The van der Waals surface area contributed by atoms with Crippen molar-refractivity contribution < 1.29 is 14.3 Å². The fraction of sp³-hybridized carbons (Fsp3) is 0.286. The van der Waals surface area contributed by atoms with Gasteiger partial charge < -0.3 is 19.4 Å². The first-order valence-corrected chi connectivity index (χ1v) is 10.6. The van der Waals surface area contributed by atoms with Crippen LogP contribution in [0.15, 0.2) is 47.6 Å². The van der Waals surface area contributed by atoms with E-state index < -0.39 is 0 Å². The molecule has 158 valence electrons. The Balaban J connectivity index is 1.58. The van der Waals surface area contributed by atoms with Gasteiger partial charge in [-0.2, -0.15) is 0 Å². The molecule has 0 atom stereocenters. The lowest BCUT2D eigenvalue weighted by Gasteiger charge is -2.13. The summed E-state index contributed by atoms with van der Waals surface area (Å²) >= 11 is 7.62. The van der Waals surface area contributed by atoms with Crippen molar-refractivity contribution in [3.05, 3.63) is 64.4 Å². The van der Waals surface area contributed by atoms with Crippen LogP contribution >= 0.6 is 23.4 Å². The molecule has 0 aliphatic carbocycles. The zero-order valence-corrected chi connectivity index (χ0v) is 18.6. The number of methoxy groups -OCH3 is 2. The lowest BCUT2D eigenvalue weighted by Crippen LogP contribution is -2.27. The molecular weight excluding hydrogens is 424 g/mol. The number of rotatable bonds is 9. The Kier molecular flexibility index (Phi) is 7.59. The standard InChI is InChI=1S/C21H23ClN4O3S/c1-26-18(24-25-21(26)30-13-14-6-4-7-15(22)12-14)10-11-23-20(27)19-16(28-2)8-5-9-17(19)29-3/h4-9,12H,10-11,13H2,1-3H3,(H,23,27). The topological polar surface area (TPSA) is 78.3 Å². The molecular formula is C21H23ClN4O3S. The van der Waals surface area contributed by atoms with Crippen LogP contribution in [0.4, 0.5) is 0 Å². The number of carbonyl (C=O) groups is 1. The molecule has 0 aliphatic rings. The lowest BCUT2D eigenvalue weighted by atomic mass is 10.1. The zero-order chi connectivity index (χ0) is 21.5. The van der Waals surface area contributed by atoms with Gasteiger partial charge in [0.1, 0.15) is 22.9 Å². The highest BCUT2D eigenvalue weighted by Crippen LogP contribution is 2.28. The molecule has 0 spiro atoms. The van der Waals surface area contributed by atoms with Crippen LogP contribution in [0.3, 0.4) is 0 Å². The maximum Gasteiger partial charge on any atom is 0.258 e. The SMILES string of the molecule is COc1cccc(OC)c1C(=O)NCCc1nnc(SCc2cccc(Cl)c2)n1C. The van der Waals surface area contributed by atoms with E-state index in [9.17, 15) is 4.79 Å². The van der Waals surface area contributed by atoms with Gasteiger partial charge in [0.2, 0.25) is 0 Å². The van der Waals surface area contributed by atoms with Gasteiger partial charge in [-0.05, 0) is 29.8 Å². The number of hydrogen-bond acceptors (Lipinski definition) is 6. The van der Waals surface area contributed by atoms with Crippen LogP contribution in [-0.2, 0) is 19.2 Å². The molecule has 30 heavy (non-hydrogen) atoms. The number of benzene rings is 2. The first kappa shape index (κ1) is 22.0. The third-order valence-corrected chi connectivity index (χ3v) is 5.80. The van der Waals surface area contributed by atoms with Crippen LogP contribution in [-0.4, -0.2) is 41.4 Å². The van der Waals surface area contributed by atoms with E-state index in [0.717, 1.165) is 22.3 Å². The van der Waals surface area contributed by atoms with Gasteiger partial charge in [-0.3, -0.25) is 4.79 Å². The van der Waals surface area contributed by atoms with Gasteiger partial charge in [0.15, 0.2) is 5.16 Å². The van der Waals surface area contributed by atoms with Crippen molar-refractivity contribution in [2.45, 2.75) is 17.3 Å². The maximum atomic E-state index is 12.6. The van der Waals surface area contributed by atoms with Gasteiger partial charge in [0.05, 0.1) is 14.2 Å². The number of halogens is 1. The molecule has 0 saturated carbocycles. The molecule has 0 aliphatic heterocycles. The van der Waals surface area contributed by atoms with E-state index in [1.54, 1.807) is 30.0 Å². The number of carbonyl (C=O) groups excluding carboxylic acids is 1. The maximum absolute atomic E-state index is 12.6. The predicted octanol–water partition coefficient (Wildman–Crippen LogP) is 3.75. The molecule has 0 unspecified atom stereocenters. The Morgan fingerprint density at radius 3 is 2.50 bits per heavy atom. The smallest absolute Gasteiger partial charge is 0.258 e. The lowest BCUT2D eigenvalue weighted by molar-refractivity contribution is 0.0947. The molecule has 7 nitrogen and oxygen atoms in total. The molecule has 0 radical (unpaired) electrons. The monoisotopic (exact) mass is 446 g/mol. The first-order chi connectivity index (χ1) is 14.5. The Morgan fingerprint density at radius 1 is 1.13 bits per heavy atom. The molecule has 2 aromatic carbocycles. The number of thioether (sulfide) groups is 1.